The standard InChI is InChI=1S/C19H15FO3S/c1-22-14-5-3-4-12(10-14)17-8-9-18(24-17)19(21)13-6-7-15(20)16(11-13)23-2/h3-11H,1-2H3. The molecule has 0 radical (unpaired) electrons. The highest BCUT2D eigenvalue weighted by molar-refractivity contribution is 7.17. The summed E-state index contributed by atoms with van der Waals surface area (Å²) in [6.45, 7) is 0. The molecule has 3 aromatic rings. The van der Waals surface area contributed by atoms with E-state index in [4.69, 9.17) is 9.47 Å². The van der Waals surface area contributed by atoms with Gasteiger partial charge in [-0.05, 0) is 48.0 Å². The smallest absolute Gasteiger partial charge is 0.203 e. The number of carbonyl (C=O) groups excluding carboxylic acids is 1. The maximum absolute atomic E-state index is 13.5. The lowest BCUT2D eigenvalue weighted by molar-refractivity contribution is 0.104. The van der Waals surface area contributed by atoms with Gasteiger partial charge in [0, 0.05) is 10.4 Å². The quantitative estimate of drug-likeness (QED) is 0.625. The lowest BCUT2D eigenvalue weighted by atomic mass is 10.1. The number of halogens is 1. The van der Waals surface area contributed by atoms with Crippen molar-refractivity contribution in [3.05, 3.63) is 70.9 Å². The van der Waals surface area contributed by atoms with Crippen LogP contribution in [-0.4, -0.2) is 20.0 Å². The van der Waals surface area contributed by atoms with Crippen LogP contribution < -0.4 is 9.47 Å². The molecule has 0 fully saturated rings. The fraction of sp³-hybridized carbons (Fsp3) is 0.105. The summed E-state index contributed by atoms with van der Waals surface area (Å²) in [5.74, 6) is 0.173. The fourth-order valence-electron chi connectivity index (χ4n) is 2.33. The molecular weight excluding hydrogens is 327 g/mol. The molecule has 122 valence electrons. The van der Waals surface area contributed by atoms with Gasteiger partial charge in [0.1, 0.15) is 5.75 Å². The van der Waals surface area contributed by atoms with Gasteiger partial charge < -0.3 is 9.47 Å². The Morgan fingerprint density at radius 2 is 1.83 bits per heavy atom. The van der Waals surface area contributed by atoms with Crippen LogP contribution in [0.25, 0.3) is 10.4 Å². The van der Waals surface area contributed by atoms with Gasteiger partial charge in [-0.25, -0.2) is 4.39 Å². The molecule has 24 heavy (non-hydrogen) atoms. The number of thiophene rings is 1. The summed E-state index contributed by atoms with van der Waals surface area (Å²) in [5, 5.41) is 0. The first-order valence-electron chi connectivity index (χ1n) is 7.25. The zero-order valence-corrected chi connectivity index (χ0v) is 14.0. The number of methoxy groups -OCH3 is 2. The normalized spacial score (nSPS) is 10.5. The summed E-state index contributed by atoms with van der Waals surface area (Å²) < 4.78 is 23.6. The van der Waals surface area contributed by atoms with E-state index in [1.807, 2.05) is 30.3 Å². The van der Waals surface area contributed by atoms with Crippen molar-refractivity contribution in [1.82, 2.24) is 0 Å². The molecular formula is C19H15FO3S. The third-order valence-electron chi connectivity index (χ3n) is 3.60. The van der Waals surface area contributed by atoms with Gasteiger partial charge in [0.25, 0.3) is 0 Å². The van der Waals surface area contributed by atoms with Gasteiger partial charge in [-0.15, -0.1) is 11.3 Å². The summed E-state index contributed by atoms with van der Waals surface area (Å²) in [4.78, 5) is 14.2. The molecule has 0 aliphatic heterocycles. The van der Waals surface area contributed by atoms with Crippen molar-refractivity contribution in [1.29, 1.82) is 0 Å². The van der Waals surface area contributed by atoms with Crippen LogP contribution >= 0.6 is 11.3 Å². The van der Waals surface area contributed by atoms with Crippen molar-refractivity contribution >= 4 is 17.1 Å². The first kappa shape index (κ1) is 16.2. The van der Waals surface area contributed by atoms with Crippen LogP contribution in [-0.2, 0) is 0 Å². The van der Waals surface area contributed by atoms with Crippen molar-refractivity contribution < 1.29 is 18.7 Å². The number of hydrogen-bond acceptors (Lipinski definition) is 4. The molecule has 0 unspecified atom stereocenters. The van der Waals surface area contributed by atoms with Gasteiger partial charge in [-0.2, -0.15) is 0 Å². The molecule has 0 amide bonds. The molecule has 0 saturated carbocycles. The Morgan fingerprint density at radius 1 is 1.00 bits per heavy atom. The predicted molar refractivity (Wildman–Crippen MR) is 92.7 cm³/mol. The summed E-state index contributed by atoms with van der Waals surface area (Å²) >= 11 is 1.39. The minimum absolute atomic E-state index is 0.0606. The SMILES string of the molecule is COc1cccc(-c2ccc(C(=O)c3ccc(F)c(OC)c3)s2)c1. The average molecular weight is 342 g/mol. The van der Waals surface area contributed by atoms with E-state index in [-0.39, 0.29) is 11.5 Å². The zero-order valence-electron chi connectivity index (χ0n) is 13.2. The second-order valence-corrected chi connectivity index (χ2v) is 6.16. The van der Waals surface area contributed by atoms with E-state index in [9.17, 15) is 9.18 Å². The Bertz CT molecular complexity index is 886. The minimum Gasteiger partial charge on any atom is -0.497 e. The Labute approximate surface area is 143 Å². The van der Waals surface area contributed by atoms with Crippen molar-refractivity contribution in [2.24, 2.45) is 0 Å². The Balaban J connectivity index is 1.91. The van der Waals surface area contributed by atoms with Crippen LogP contribution in [0.4, 0.5) is 4.39 Å². The highest BCUT2D eigenvalue weighted by Gasteiger charge is 2.15. The number of benzene rings is 2. The molecule has 0 aliphatic rings. The van der Waals surface area contributed by atoms with Crippen LogP contribution in [0.1, 0.15) is 15.2 Å². The summed E-state index contributed by atoms with van der Waals surface area (Å²) in [7, 11) is 2.99. The third-order valence-corrected chi connectivity index (χ3v) is 4.73. The van der Waals surface area contributed by atoms with E-state index in [0.717, 1.165) is 16.2 Å². The summed E-state index contributed by atoms with van der Waals surface area (Å²) in [5.41, 5.74) is 1.38. The van der Waals surface area contributed by atoms with Crippen molar-refractivity contribution in [3.63, 3.8) is 0 Å². The lowest BCUT2D eigenvalue weighted by Crippen LogP contribution is -2.00. The molecule has 0 spiro atoms. The van der Waals surface area contributed by atoms with Gasteiger partial charge in [0.15, 0.2) is 11.6 Å². The van der Waals surface area contributed by atoms with Crippen LogP contribution in [0.15, 0.2) is 54.6 Å². The second kappa shape index (κ2) is 6.84. The zero-order chi connectivity index (χ0) is 17.1. The molecule has 2 aromatic carbocycles. The van der Waals surface area contributed by atoms with Crippen LogP contribution in [0.5, 0.6) is 11.5 Å². The number of rotatable bonds is 5. The van der Waals surface area contributed by atoms with Gasteiger partial charge in [-0.3, -0.25) is 4.79 Å². The number of hydrogen-bond donors (Lipinski definition) is 0. The summed E-state index contributed by atoms with van der Waals surface area (Å²) in [6, 6.07) is 15.4. The number of carbonyl (C=O) groups is 1. The highest BCUT2D eigenvalue weighted by atomic mass is 32.1. The molecule has 3 rings (SSSR count). The van der Waals surface area contributed by atoms with E-state index in [1.165, 1.54) is 36.6 Å². The third kappa shape index (κ3) is 3.16. The lowest BCUT2D eigenvalue weighted by Gasteiger charge is -2.04. The van der Waals surface area contributed by atoms with Gasteiger partial charge in [0.2, 0.25) is 5.78 Å². The number of ether oxygens (including phenoxy) is 2. The van der Waals surface area contributed by atoms with Gasteiger partial charge >= 0.3 is 0 Å². The van der Waals surface area contributed by atoms with E-state index in [1.54, 1.807) is 13.2 Å². The first-order chi connectivity index (χ1) is 11.6. The van der Waals surface area contributed by atoms with Gasteiger partial charge in [-0.1, -0.05) is 12.1 Å². The average Bonchev–Trinajstić information content (AvgIpc) is 3.11. The first-order valence-corrected chi connectivity index (χ1v) is 8.06. The number of ketones is 1. The largest absolute Gasteiger partial charge is 0.497 e. The fourth-order valence-corrected chi connectivity index (χ4v) is 3.30. The van der Waals surface area contributed by atoms with Crippen molar-refractivity contribution in [2.45, 2.75) is 0 Å². The molecule has 5 heteroatoms. The molecule has 3 nitrogen and oxygen atoms in total. The maximum Gasteiger partial charge on any atom is 0.203 e. The Hall–Kier alpha value is -2.66. The Morgan fingerprint density at radius 3 is 2.58 bits per heavy atom. The predicted octanol–water partition coefficient (Wildman–Crippen LogP) is 4.80. The summed E-state index contributed by atoms with van der Waals surface area (Å²) in [6.07, 6.45) is 0. The minimum atomic E-state index is -0.489. The van der Waals surface area contributed by atoms with Gasteiger partial charge in [0.05, 0.1) is 19.1 Å². The van der Waals surface area contributed by atoms with E-state index in [2.05, 4.69) is 0 Å². The molecule has 1 heterocycles. The van der Waals surface area contributed by atoms with Crippen LogP contribution in [0.2, 0.25) is 0 Å². The van der Waals surface area contributed by atoms with Crippen molar-refractivity contribution in [3.8, 4) is 21.9 Å². The van der Waals surface area contributed by atoms with Crippen LogP contribution in [0.3, 0.4) is 0 Å². The molecule has 0 saturated heterocycles. The Kier molecular flexibility index (Phi) is 4.62. The van der Waals surface area contributed by atoms with Crippen LogP contribution in [0, 0.1) is 5.82 Å². The van der Waals surface area contributed by atoms with E-state index >= 15 is 0 Å². The molecule has 0 aliphatic carbocycles. The monoisotopic (exact) mass is 342 g/mol. The highest BCUT2D eigenvalue weighted by Crippen LogP contribution is 2.32. The maximum atomic E-state index is 13.5. The molecule has 0 atom stereocenters. The second-order valence-electron chi connectivity index (χ2n) is 5.07. The van der Waals surface area contributed by atoms with E-state index in [0.29, 0.717) is 10.4 Å². The molecule has 0 N–H and O–H groups in total. The molecule has 1 aromatic heterocycles. The van der Waals surface area contributed by atoms with Crippen molar-refractivity contribution in [2.75, 3.05) is 14.2 Å². The van der Waals surface area contributed by atoms with E-state index < -0.39 is 5.82 Å². The molecule has 0 bridgehead atoms. The topological polar surface area (TPSA) is 35.5 Å².